The zero-order valence-corrected chi connectivity index (χ0v) is 29.5. The zero-order chi connectivity index (χ0) is 35.1. The topological polar surface area (TPSA) is 38.7 Å². The minimum absolute atomic E-state index is 0.652. The van der Waals surface area contributed by atoms with Crippen LogP contribution >= 0.6 is 11.3 Å². The van der Waals surface area contributed by atoms with E-state index in [4.69, 9.17) is 15.0 Å². The van der Waals surface area contributed by atoms with Gasteiger partial charge < -0.3 is 0 Å². The Balaban J connectivity index is 1.04. The Bertz CT molecular complexity index is 2860. The molecule has 0 aliphatic heterocycles. The normalized spacial score (nSPS) is 11.4. The van der Waals surface area contributed by atoms with E-state index in [1.54, 1.807) is 0 Å². The monoisotopic (exact) mass is 693 g/mol. The number of nitrogens with zero attached hydrogens (tertiary/aromatic N) is 3. The molecule has 248 valence electrons. The van der Waals surface area contributed by atoms with Crippen LogP contribution in [0.15, 0.2) is 188 Å². The molecule has 2 aromatic heterocycles. The van der Waals surface area contributed by atoms with Crippen LogP contribution in [0.4, 0.5) is 0 Å². The molecule has 0 atom stereocenters. The van der Waals surface area contributed by atoms with Crippen molar-refractivity contribution in [2.75, 3.05) is 0 Å². The second-order valence-electron chi connectivity index (χ2n) is 13.3. The lowest BCUT2D eigenvalue weighted by Gasteiger charge is -2.10. The van der Waals surface area contributed by atoms with E-state index in [-0.39, 0.29) is 0 Å². The van der Waals surface area contributed by atoms with Crippen molar-refractivity contribution in [2.45, 2.75) is 0 Å². The average Bonchev–Trinajstić information content (AvgIpc) is 3.62. The van der Waals surface area contributed by atoms with E-state index in [1.807, 2.05) is 72.0 Å². The summed E-state index contributed by atoms with van der Waals surface area (Å²) in [6.07, 6.45) is 0. The fourth-order valence-electron chi connectivity index (χ4n) is 7.22. The Labute approximate surface area is 311 Å². The molecular formula is C49H31N3S. The maximum absolute atomic E-state index is 4.94. The molecule has 0 spiro atoms. The van der Waals surface area contributed by atoms with Crippen LogP contribution in [-0.2, 0) is 0 Å². The Morgan fingerprint density at radius 2 is 0.774 bits per heavy atom. The quantitative estimate of drug-likeness (QED) is 0.174. The van der Waals surface area contributed by atoms with Crippen LogP contribution in [0.25, 0.3) is 98.5 Å². The summed E-state index contributed by atoms with van der Waals surface area (Å²) in [5.74, 6) is 1.97. The number of benzene rings is 8. The molecule has 0 saturated heterocycles. The van der Waals surface area contributed by atoms with Crippen LogP contribution in [-0.4, -0.2) is 15.0 Å². The first kappa shape index (κ1) is 31.0. The lowest BCUT2D eigenvalue weighted by Crippen LogP contribution is -2.00. The summed E-state index contributed by atoms with van der Waals surface area (Å²) < 4.78 is 2.56. The summed E-state index contributed by atoms with van der Waals surface area (Å²) in [5.41, 5.74) is 10.1. The minimum atomic E-state index is 0.652. The first-order chi connectivity index (χ1) is 26.2. The van der Waals surface area contributed by atoms with E-state index in [2.05, 4.69) is 127 Å². The second kappa shape index (κ2) is 13.1. The standard InChI is InChI=1S/C49H31N3S/c1-4-11-32(12-5-1)38-25-19-33-20-26-39(30-41(33)29-38)40-27-28-44-43(31-40)46-42(17-10-18-45(46)53-44)34-21-23-37(24-22-34)49-51-47(35-13-6-2-7-14-35)50-48(52-49)36-15-8-3-9-16-36/h1-31H. The van der Waals surface area contributed by atoms with Crippen LogP contribution < -0.4 is 0 Å². The zero-order valence-electron chi connectivity index (χ0n) is 28.6. The average molecular weight is 694 g/mol. The van der Waals surface area contributed by atoms with Gasteiger partial charge in [0.25, 0.3) is 0 Å². The Kier molecular flexibility index (Phi) is 7.67. The summed E-state index contributed by atoms with van der Waals surface area (Å²) in [6, 6.07) is 66.5. The number of fused-ring (bicyclic) bond motifs is 4. The van der Waals surface area contributed by atoms with Gasteiger partial charge in [0.05, 0.1) is 0 Å². The molecule has 0 bridgehead atoms. The largest absolute Gasteiger partial charge is 0.208 e. The molecule has 0 saturated carbocycles. The van der Waals surface area contributed by atoms with Gasteiger partial charge in [-0.25, -0.2) is 15.0 Å². The lowest BCUT2D eigenvalue weighted by molar-refractivity contribution is 1.07. The molecule has 53 heavy (non-hydrogen) atoms. The molecular weight excluding hydrogens is 663 g/mol. The van der Waals surface area contributed by atoms with E-state index < -0.39 is 0 Å². The van der Waals surface area contributed by atoms with Crippen LogP contribution in [0.5, 0.6) is 0 Å². The molecule has 2 heterocycles. The molecule has 0 aliphatic rings. The number of aromatic nitrogens is 3. The first-order valence-electron chi connectivity index (χ1n) is 17.8. The van der Waals surface area contributed by atoms with Crippen LogP contribution in [0.1, 0.15) is 0 Å². The van der Waals surface area contributed by atoms with Gasteiger partial charge in [0.1, 0.15) is 0 Å². The van der Waals surface area contributed by atoms with Crippen molar-refractivity contribution in [3.8, 4) is 67.5 Å². The minimum Gasteiger partial charge on any atom is -0.208 e. The van der Waals surface area contributed by atoms with Crippen molar-refractivity contribution in [1.29, 1.82) is 0 Å². The Hall–Kier alpha value is -6.75. The summed E-state index contributed by atoms with van der Waals surface area (Å²) in [7, 11) is 0. The predicted molar refractivity (Wildman–Crippen MR) is 223 cm³/mol. The van der Waals surface area contributed by atoms with E-state index in [9.17, 15) is 0 Å². The number of hydrogen-bond acceptors (Lipinski definition) is 4. The van der Waals surface area contributed by atoms with Gasteiger partial charge >= 0.3 is 0 Å². The van der Waals surface area contributed by atoms with E-state index in [1.165, 1.54) is 58.8 Å². The van der Waals surface area contributed by atoms with Crippen LogP contribution in [0.2, 0.25) is 0 Å². The van der Waals surface area contributed by atoms with E-state index in [0.717, 1.165) is 22.3 Å². The van der Waals surface area contributed by atoms with Gasteiger partial charge in [-0.2, -0.15) is 0 Å². The molecule has 0 unspecified atom stereocenters. The molecule has 8 aromatic carbocycles. The highest BCUT2D eigenvalue weighted by atomic mass is 32.1. The van der Waals surface area contributed by atoms with Gasteiger partial charge in [-0.15, -0.1) is 11.3 Å². The third-order valence-corrected chi connectivity index (χ3v) is 11.1. The highest BCUT2D eigenvalue weighted by molar-refractivity contribution is 7.26. The lowest BCUT2D eigenvalue weighted by atomic mass is 9.95. The maximum atomic E-state index is 4.94. The molecule has 10 aromatic rings. The molecule has 0 aliphatic carbocycles. The second-order valence-corrected chi connectivity index (χ2v) is 14.3. The fourth-order valence-corrected chi connectivity index (χ4v) is 8.33. The number of hydrogen-bond donors (Lipinski definition) is 0. The predicted octanol–water partition coefficient (Wildman–Crippen LogP) is 13.4. The molecule has 0 radical (unpaired) electrons. The molecule has 0 fully saturated rings. The van der Waals surface area contributed by atoms with Crippen molar-refractivity contribution in [1.82, 2.24) is 15.0 Å². The first-order valence-corrected chi connectivity index (χ1v) is 18.6. The summed E-state index contributed by atoms with van der Waals surface area (Å²) in [6.45, 7) is 0. The third kappa shape index (κ3) is 5.85. The smallest absolute Gasteiger partial charge is 0.164 e. The Morgan fingerprint density at radius 3 is 1.38 bits per heavy atom. The van der Waals surface area contributed by atoms with Crippen molar-refractivity contribution in [3.05, 3.63) is 188 Å². The molecule has 10 rings (SSSR count). The summed E-state index contributed by atoms with van der Waals surface area (Å²) in [4.78, 5) is 14.7. The SMILES string of the molecule is c1ccc(-c2ccc3ccc(-c4ccc5sc6cccc(-c7ccc(-c8nc(-c9ccccc9)nc(-c9ccccc9)n8)cc7)c6c5c4)cc3c2)cc1. The van der Waals surface area contributed by atoms with Crippen LogP contribution in [0, 0.1) is 0 Å². The molecule has 0 N–H and O–H groups in total. The Morgan fingerprint density at radius 1 is 0.302 bits per heavy atom. The molecule has 3 nitrogen and oxygen atoms in total. The van der Waals surface area contributed by atoms with Gasteiger partial charge in [-0.1, -0.05) is 158 Å². The fraction of sp³-hybridized carbons (Fsp3) is 0. The van der Waals surface area contributed by atoms with Crippen molar-refractivity contribution in [2.24, 2.45) is 0 Å². The van der Waals surface area contributed by atoms with Gasteiger partial charge in [0.15, 0.2) is 17.5 Å². The summed E-state index contributed by atoms with van der Waals surface area (Å²) in [5, 5.41) is 5.04. The molecule has 4 heteroatoms. The van der Waals surface area contributed by atoms with Crippen molar-refractivity contribution < 1.29 is 0 Å². The molecule has 0 amide bonds. The third-order valence-electron chi connectivity index (χ3n) is 9.93. The number of rotatable bonds is 6. The summed E-state index contributed by atoms with van der Waals surface area (Å²) >= 11 is 1.85. The van der Waals surface area contributed by atoms with Crippen molar-refractivity contribution >= 4 is 42.3 Å². The van der Waals surface area contributed by atoms with Gasteiger partial charge in [0.2, 0.25) is 0 Å². The highest BCUT2D eigenvalue weighted by Gasteiger charge is 2.15. The van der Waals surface area contributed by atoms with Gasteiger partial charge in [-0.05, 0) is 74.5 Å². The number of thiophene rings is 1. The van der Waals surface area contributed by atoms with Crippen molar-refractivity contribution in [3.63, 3.8) is 0 Å². The highest BCUT2D eigenvalue weighted by Crippen LogP contribution is 2.42. The van der Waals surface area contributed by atoms with E-state index in [0.29, 0.717) is 17.5 Å². The van der Waals surface area contributed by atoms with Gasteiger partial charge in [-0.3, -0.25) is 0 Å². The maximum Gasteiger partial charge on any atom is 0.164 e. The van der Waals surface area contributed by atoms with Crippen LogP contribution in [0.3, 0.4) is 0 Å². The van der Waals surface area contributed by atoms with E-state index >= 15 is 0 Å². The van der Waals surface area contributed by atoms with Gasteiger partial charge in [0, 0.05) is 36.9 Å².